The Kier molecular flexibility index (Phi) is 5.80. The van der Waals surface area contributed by atoms with Crippen molar-refractivity contribution in [1.29, 1.82) is 0 Å². The molecule has 8 aromatic carbocycles. The van der Waals surface area contributed by atoms with Crippen molar-refractivity contribution in [3.05, 3.63) is 206 Å². The van der Waals surface area contributed by atoms with Gasteiger partial charge in [0.15, 0.2) is 0 Å². The summed E-state index contributed by atoms with van der Waals surface area (Å²) in [4.78, 5) is 2.94. The summed E-state index contributed by atoms with van der Waals surface area (Å²) in [6.45, 7) is 0. The summed E-state index contributed by atoms with van der Waals surface area (Å²) >= 11 is 0. The van der Waals surface area contributed by atoms with Crippen LogP contribution < -0.4 is 0 Å². The molecule has 0 aliphatic rings. The third kappa shape index (κ3) is 4.52. The molecule has 0 N–H and O–H groups in total. The lowest BCUT2D eigenvalue weighted by molar-refractivity contribution is 1.16. The smallest absolute Gasteiger partial charge is 0.0634 e. The Balaban J connectivity index is 1.28. The van der Waals surface area contributed by atoms with Gasteiger partial charge in [0.25, 0.3) is 0 Å². The fraction of sp³-hybridized carbons (Fsp3) is 0. The van der Waals surface area contributed by atoms with E-state index in [1.54, 1.807) is 0 Å². The highest BCUT2D eigenvalue weighted by molar-refractivity contribution is 8.34. The molecule has 2 heterocycles. The fourth-order valence-electron chi connectivity index (χ4n) is 7.78. The van der Waals surface area contributed by atoms with Gasteiger partial charge in [0, 0.05) is 52.5 Å². The predicted molar refractivity (Wildman–Crippen MR) is 215 cm³/mol. The van der Waals surface area contributed by atoms with Crippen LogP contribution in [0.2, 0.25) is 0 Å². The van der Waals surface area contributed by atoms with Gasteiger partial charge < -0.3 is 9.13 Å². The van der Waals surface area contributed by atoms with Crippen molar-refractivity contribution in [2.24, 2.45) is 0 Å². The summed E-state index contributed by atoms with van der Waals surface area (Å²) in [5, 5.41) is 4.41. The van der Waals surface area contributed by atoms with Gasteiger partial charge in [0.2, 0.25) is 0 Å². The number of hydrogen-bond acceptors (Lipinski definition) is 0. The first-order valence-electron chi connectivity index (χ1n) is 19.5. The monoisotopic (exact) mass is 675 g/mol. The number of fused-ring (bicyclic) bond motifs is 6. The Labute approximate surface area is 305 Å². The molecule has 2 aromatic heterocycles. The Bertz CT molecular complexity index is 3070. The van der Waals surface area contributed by atoms with E-state index in [9.17, 15) is 2.74 Å². The molecule has 0 unspecified atom stereocenters. The van der Waals surface area contributed by atoms with Gasteiger partial charge in [-0.1, -0.05) is 109 Å². The van der Waals surface area contributed by atoms with E-state index >= 15 is 0 Å². The molecule has 0 aliphatic heterocycles. The highest BCUT2D eigenvalue weighted by Gasteiger charge is 2.33. The second-order valence-corrected chi connectivity index (χ2v) is 15.7. The molecule has 0 saturated carbocycles. The van der Waals surface area contributed by atoms with Crippen molar-refractivity contribution in [3.8, 4) is 11.4 Å². The van der Waals surface area contributed by atoms with Crippen LogP contribution in [0.15, 0.2) is 226 Å². The normalized spacial score (nSPS) is 13.6. The summed E-state index contributed by atoms with van der Waals surface area (Å²) in [7, 11) is -2.64. The van der Waals surface area contributed by atoms with Crippen LogP contribution in [0.25, 0.3) is 55.0 Å². The number of rotatable bonds is 6. The second-order valence-electron chi connectivity index (χ2n) is 12.6. The highest BCUT2D eigenvalue weighted by Crippen LogP contribution is 2.73. The summed E-state index contributed by atoms with van der Waals surface area (Å²) in [6.07, 6.45) is 0. The Hall–Kier alpha value is -6.29. The van der Waals surface area contributed by atoms with Gasteiger partial charge in [0.1, 0.15) is 0 Å². The predicted octanol–water partition coefficient (Wildman–Crippen LogP) is 13.2. The van der Waals surface area contributed by atoms with Crippen LogP contribution in [0.5, 0.6) is 0 Å². The molecule has 10 aromatic rings. The molecule has 0 spiro atoms. The average Bonchev–Trinajstić information content (AvgIpc) is 3.77. The quantitative estimate of drug-likeness (QED) is 0.166. The lowest BCUT2D eigenvalue weighted by Gasteiger charge is -2.42. The van der Waals surface area contributed by atoms with Crippen LogP contribution in [0.3, 0.4) is 0 Å². The molecule has 0 aliphatic carbocycles. The maximum Gasteiger partial charge on any atom is 0.0634 e. The molecule has 2 nitrogen and oxygen atoms in total. The zero-order valence-corrected chi connectivity index (χ0v) is 28.4. The Morgan fingerprint density at radius 3 is 1.41 bits per heavy atom. The third-order valence-electron chi connectivity index (χ3n) is 9.90. The van der Waals surface area contributed by atoms with Gasteiger partial charge in [-0.15, -0.1) is 10.0 Å². The van der Waals surface area contributed by atoms with E-state index in [1.807, 2.05) is 66.7 Å². The van der Waals surface area contributed by atoms with Gasteiger partial charge in [-0.2, -0.15) is 0 Å². The zero-order valence-electron chi connectivity index (χ0n) is 32.5. The first-order valence-corrected chi connectivity index (χ1v) is 18.7. The van der Waals surface area contributed by atoms with Gasteiger partial charge in [-0.3, -0.25) is 0 Å². The summed E-state index contributed by atoms with van der Waals surface area (Å²) in [6, 6.07) is 58.9. The lowest BCUT2D eigenvalue weighted by Crippen LogP contribution is -2.05. The van der Waals surface area contributed by atoms with Crippen LogP contribution >= 0.6 is 10.0 Å². The zero-order chi connectivity index (χ0) is 38.1. The molecule has 242 valence electrons. The minimum absolute atomic E-state index is 0.191. The van der Waals surface area contributed by atoms with Crippen molar-refractivity contribution in [2.75, 3.05) is 0 Å². The maximum absolute atomic E-state index is 9.37. The molecule has 0 saturated heterocycles. The Morgan fingerprint density at radius 2 is 0.804 bits per heavy atom. The molecular weight excluding hydrogens is 637 g/mol. The van der Waals surface area contributed by atoms with Gasteiger partial charge in [-0.25, -0.2) is 0 Å². The van der Waals surface area contributed by atoms with Crippen molar-refractivity contribution in [2.45, 2.75) is 19.6 Å². The molecule has 51 heavy (non-hydrogen) atoms. The first-order chi connectivity index (χ1) is 27.4. The molecular formula is C48H34N2S. The van der Waals surface area contributed by atoms with E-state index in [1.165, 1.54) is 5.39 Å². The number of aromatic nitrogens is 2. The highest BCUT2D eigenvalue weighted by atomic mass is 32.3. The summed E-state index contributed by atoms with van der Waals surface area (Å²) in [5.41, 5.74) is 6.47. The molecule has 3 heteroatoms. The van der Waals surface area contributed by atoms with Crippen LogP contribution in [0.4, 0.5) is 0 Å². The van der Waals surface area contributed by atoms with E-state index in [-0.39, 0.29) is 24.2 Å². The molecule has 0 bridgehead atoms. The largest absolute Gasteiger partial charge is 0.309 e. The van der Waals surface area contributed by atoms with Gasteiger partial charge in [-0.05, 0) is 97.0 Å². The van der Waals surface area contributed by atoms with Crippen LogP contribution in [0.1, 0.15) is 6.85 Å². The maximum atomic E-state index is 9.37. The average molecular weight is 676 g/mol. The first kappa shape index (κ1) is 24.8. The minimum Gasteiger partial charge on any atom is -0.309 e. The number of nitrogens with zero attached hydrogens (tertiary/aromatic N) is 2. The van der Waals surface area contributed by atoms with Gasteiger partial charge in [0.05, 0.1) is 28.9 Å². The fourth-order valence-corrected chi connectivity index (χ4v) is 11.4. The van der Waals surface area contributed by atoms with Crippen molar-refractivity contribution < 1.29 is 6.85 Å². The van der Waals surface area contributed by atoms with E-state index in [2.05, 4.69) is 118 Å². The summed E-state index contributed by atoms with van der Waals surface area (Å²) < 4.78 is 49.5. The van der Waals surface area contributed by atoms with E-state index < -0.39 is 16.1 Å². The van der Waals surface area contributed by atoms with Crippen LogP contribution in [0, 0.1) is 0 Å². The molecule has 10 rings (SSSR count). The van der Waals surface area contributed by atoms with Gasteiger partial charge >= 0.3 is 0 Å². The van der Waals surface area contributed by atoms with Crippen molar-refractivity contribution >= 4 is 53.6 Å². The molecule has 0 fully saturated rings. The lowest BCUT2D eigenvalue weighted by atomic mass is 10.1. The number of hydrogen-bond donors (Lipinski definition) is 0. The molecule has 0 atom stereocenters. The number of para-hydroxylation sites is 3. The van der Waals surface area contributed by atoms with E-state index in [4.69, 9.17) is 4.11 Å². The van der Waals surface area contributed by atoms with E-state index in [0.29, 0.717) is 4.90 Å². The number of benzene rings is 8. The third-order valence-corrected chi connectivity index (χ3v) is 13.6. The summed E-state index contributed by atoms with van der Waals surface area (Å²) in [5.74, 6) is 0. The Morgan fingerprint density at radius 1 is 0.333 bits per heavy atom. The molecule has 0 amide bonds. The minimum atomic E-state index is -2.64. The SMILES string of the molecule is [2H]c1c([2H])c([2H])c(S(c2ccccc2)(c2ccccc2)c2ccc3c(c2)c2ccccc2n3-c2ccc3c(c2)c2ccccc2n3-c2ccccc2)c([2H])c1[2H]. The topological polar surface area (TPSA) is 9.86 Å². The van der Waals surface area contributed by atoms with Crippen molar-refractivity contribution in [3.63, 3.8) is 0 Å². The van der Waals surface area contributed by atoms with Crippen molar-refractivity contribution in [1.82, 2.24) is 9.13 Å². The van der Waals surface area contributed by atoms with Crippen LogP contribution in [-0.4, -0.2) is 9.13 Å². The van der Waals surface area contributed by atoms with Crippen LogP contribution in [-0.2, 0) is 0 Å². The second kappa shape index (κ2) is 11.9. The molecule has 0 radical (unpaired) electrons. The standard InChI is InChI=1S/C48H34N2S/c1-5-17-35(18-6-1)49-45-27-15-13-25-41(45)43-33-36(29-31-47(43)49)50-46-28-16-14-26-42(46)44-34-40(30-32-48(44)50)51(37-19-7-2-8-20-37,38-21-9-3-10-22-38)39-23-11-4-12-24-39/h1-34H/i2D,7D,8D,19D,20D. The van der Waals surface area contributed by atoms with E-state index in [0.717, 1.165) is 64.3 Å².